The van der Waals surface area contributed by atoms with Gasteiger partial charge in [0.15, 0.2) is 0 Å². The second kappa shape index (κ2) is 17.1. The Labute approximate surface area is 150 Å². The standard InChI is InChI=1S/C20H32O5/c21-17-10-6-2-1-3-7-12-18(22)13-8-4-5-9-14-19(23)15-11-16-20(24)25/h3-5,7-9,13-14,18-19,21-23H,1-2,6,10-12,15-17H2,(H,24,25)/b5-4+,7-3?,13-8+,14-9?/t18-,19-/m1/s1. The van der Waals surface area contributed by atoms with Crippen LogP contribution in [0, 0.1) is 0 Å². The summed E-state index contributed by atoms with van der Waals surface area (Å²) in [5, 5.41) is 36.5. The summed E-state index contributed by atoms with van der Waals surface area (Å²) in [5.74, 6) is -0.851. The molecular weight excluding hydrogens is 320 g/mol. The molecule has 0 bridgehead atoms. The van der Waals surface area contributed by atoms with Crippen molar-refractivity contribution in [2.45, 2.75) is 63.6 Å². The van der Waals surface area contributed by atoms with Crippen LogP contribution in [0.15, 0.2) is 48.6 Å². The monoisotopic (exact) mass is 352 g/mol. The van der Waals surface area contributed by atoms with Crippen molar-refractivity contribution in [1.82, 2.24) is 0 Å². The SMILES string of the molecule is O=C(O)CCC[C@H](O)C=C/C=C/C=C/[C@H](O)CC=CCCCCCO. The van der Waals surface area contributed by atoms with Crippen LogP contribution in [0.4, 0.5) is 0 Å². The maximum Gasteiger partial charge on any atom is 0.303 e. The summed E-state index contributed by atoms with van der Waals surface area (Å²) in [7, 11) is 0. The van der Waals surface area contributed by atoms with E-state index in [2.05, 4.69) is 6.08 Å². The molecule has 0 aromatic heterocycles. The van der Waals surface area contributed by atoms with Crippen molar-refractivity contribution in [1.29, 1.82) is 0 Å². The van der Waals surface area contributed by atoms with E-state index in [4.69, 9.17) is 10.2 Å². The Hall–Kier alpha value is -1.69. The van der Waals surface area contributed by atoms with Crippen LogP contribution >= 0.6 is 0 Å². The number of carboxylic acids is 1. The smallest absolute Gasteiger partial charge is 0.303 e. The molecule has 0 heterocycles. The molecule has 0 rings (SSSR count). The van der Waals surface area contributed by atoms with Gasteiger partial charge in [-0.3, -0.25) is 4.79 Å². The molecule has 0 aromatic carbocycles. The van der Waals surface area contributed by atoms with Gasteiger partial charge in [-0.25, -0.2) is 0 Å². The molecule has 0 radical (unpaired) electrons. The summed E-state index contributed by atoms with van der Waals surface area (Å²) < 4.78 is 0. The van der Waals surface area contributed by atoms with E-state index in [0.29, 0.717) is 19.3 Å². The molecule has 0 spiro atoms. The predicted molar refractivity (Wildman–Crippen MR) is 100 cm³/mol. The van der Waals surface area contributed by atoms with Crippen LogP contribution < -0.4 is 0 Å². The zero-order valence-corrected chi connectivity index (χ0v) is 14.8. The zero-order valence-electron chi connectivity index (χ0n) is 14.8. The number of hydrogen-bond donors (Lipinski definition) is 4. The number of hydrogen-bond acceptors (Lipinski definition) is 4. The molecule has 0 fully saturated rings. The van der Waals surface area contributed by atoms with Gasteiger partial charge >= 0.3 is 5.97 Å². The number of unbranched alkanes of at least 4 members (excludes halogenated alkanes) is 3. The van der Waals surface area contributed by atoms with Crippen molar-refractivity contribution >= 4 is 5.97 Å². The fourth-order valence-electron chi connectivity index (χ4n) is 2.05. The van der Waals surface area contributed by atoms with Crippen molar-refractivity contribution in [2.24, 2.45) is 0 Å². The summed E-state index contributed by atoms with van der Waals surface area (Å²) in [6.45, 7) is 0.250. The normalized spacial score (nSPS) is 15.0. The van der Waals surface area contributed by atoms with E-state index in [1.807, 2.05) is 6.08 Å². The lowest BCUT2D eigenvalue weighted by Gasteiger charge is -2.02. The number of aliphatic hydroxyl groups is 3. The summed E-state index contributed by atoms with van der Waals surface area (Å²) >= 11 is 0. The molecule has 5 heteroatoms. The van der Waals surface area contributed by atoms with Crippen molar-refractivity contribution in [3.8, 4) is 0 Å². The van der Waals surface area contributed by atoms with Crippen LogP contribution in [0.25, 0.3) is 0 Å². The van der Waals surface area contributed by atoms with E-state index < -0.39 is 18.2 Å². The predicted octanol–water partition coefficient (Wildman–Crippen LogP) is 3.13. The fraction of sp³-hybridized carbons (Fsp3) is 0.550. The summed E-state index contributed by atoms with van der Waals surface area (Å²) in [4.78, 5) is 10.4. The van der Waals surface area contributed by atoms with Gasteiger partial charge < -0.3 is 20.4 Å². The molecule has 0 aliphatic heterocycles. The number of carbonyl (C=O) groups is 1. The van der Waals surface area contributed by atoms with Gasteiger partial charge in [-0.2, -0.15) is 0 Å². The summed E-state index contributed by atoms with van der Waals surface area (Å²) in [6, 6.07) is 0. The quantitative estimate of drug-likeness (QED) is 0.206. The molecular formula is C20H32O5. The lowest BCUT2D eigenvalue weighted by atomic mass is 10.1. The Morgan fingerprint density at radius 1 is 0.840 bits per heavy atom. The largest absolute Gasteiger partial charge is 0.481 e. The molecule has 0 unspecified atom stereocenters. The minimum atomic E-state index is -0.851. The van der Waals surface area contributed by atoms with E-state index in [0.717, 1.165) is 25.7 Å². The van der Waals surface area contributed by atoms with Crippen LogP contribution in [-0.2, 0) is 4.79 Å². The molecule has 142 valence electrons. The lowest BCUT2D eigenvalue weighted by Crippen LogP contribution is -2.03. The zero-order chi connectivity index (χ0) is 18.8. The Morgan fingerprint density at radius 2 is 1.52 bits per heavy atom. The molecule has 5 nitrogen and oxygen atoms in total. The second-order valence-electron chi connectivity index (χ2n) is 5.86. The number of carboxylic acid groups (broad SMARTS) is 1. The number of rotatable bonds is 15. The maximum absolute atomic E-state index is 10.4. The molecule has 0 saturated carbocycles. The second-order valence-corrected chi connectivity index (χ2v) is 5.86. The van der Waals surface area contributed by atoms with E-state index in [9.17, 15) is 15.0 Å². The minimum absolute atomic E-state index is 0.0679. The minimum Gasteiger partial charge on any atom is -0.481 e. The molecule has 0 saturated heterocycles. The van der Waals surface area contributed by atoms with Crippen LogP contribution in [0.2, 0.25) is 0 Å². The first kappa shape index (κ1) is 23.3. The highest BCUT2D eigenvalue weighted by molar-refractivity contribution is 5.66. The van der Waals surface area contributed by atoms with Gasteiger partial charge in [0.1, 0.15) is 0 Å². The first-order chi connectivity index (χ1) is 12.1. The third kappa shape index (κ3) is 18.5. The van der Waals surface area contributed by atoms with Crippen LogP contribution in [-0.4, -0.2) is 45.2 Å². The Morgan fingerprint density at radius 3 is 2.16 bits per heavy atom. The fourth-order valence-corrected chi connectivity index (χ4v) is 2.05. The van der Waals surface area contributed by atoms with Gasteiger partial charge in [-0.05, 0) is 38.5 Å². The number of allylic oxidation sites excluding steroid dienone is 5. The highest BCUT2D eigenvalue weighted by Gasteiger charge is 2.01. The van der Waals surface area contributed by atoms with Crippen molar-refractivity contribution in [3.63, 3.8) is 0 Å². The van der Waals surface area contributed by atoms with E-state index >= 15 is 0 Å². The third-order valence-corrected chi connectivity index (χ3v) is 3.46. The summed E-state index contributed by atoms with van der Waals surface area (Å²) in [5.41, 5.74) is 0. The average Bonchev–Trinajstić information content (AvgIpc) is 2.56. The number of aliphatic carboxylic acids is 1. The highest BCUT2D eigenvalue weighted by atomic mass is 16.4. The van der Waals surface area contributed by atoms with Gasteiger partial charge in [0.05, 0.1) is 12.2 Å². The molecule has 0 amide bonds. The first-order valence-electron chi connectivity index (χ1n) is 8.91. The molecule has 0 aliphatic carbocycles. The lowest BCUT2D eigenvalue weighted by molar-refractivity contribution is -0.137. The average molecular weight is 352 g/mol. The van der Waals surface area contributed by atoms with Gasteiger partial charge in [0, 0.05) is 13.0 Å². The number of aliphatic hydroxyl groups excluding tert-OH is 3. The van der Waals surface area contributed by atoms with Crippen LogP contribution in [0.1, 0.15) is 51.4 Å². The van der Waals surface area contributed by atoms with Crippen molar-refractivity contribution < 1.29 is 25.2 Å². The molecule has 0 aromatic rings. The van der Waals surface area contributed by atoms with E-state index in [1.54, 1.807) is 36.5 Å². The van der Waals surface area contributed by atoms with E-state index in [1.165, 1.54) is 0 Å². The van der Waals surface area contributed by atoms with Gasteiger partial charge in [-0.1, -0.05) is 55.0 Å². The van der Waals surface area contributed by atoms with Crippen molar-refractivity contribution in [3.05, 3.63) is 48.6 Å². The molecule has 4 N–H and O–H groups in total. The van der Waals surface area contributed by atoms with Gasteiger partial charge in [-0.15, -0.1) is 0 Å². The topological polar surface area (TPSA) is 98.0 Å². The van der Waals surface area contributed by atoms with Crippen molar-refractivity contribution in [2.75, 3.05) is 6.61 Å². The molecule has 0 aliphatic rings. The maximum atomic E-state index is 10.4. The highest BCUT2D eigenvalue weighted by Crippen LogP contribution is 2.03. The Balaban J connectivity index is 3.79. The summed E-state index contributed by atoms with van der Waals surface area (Å²) in [6.07, 6.45) is 18.5. The van der Waals surface area contributed by atoms with Crippen LogP contribution in [0.5, 0.6) is 0 Å². The Kier molecular flexibility index (Phi) is 16.0. The Bertz CT molecular complexity index is 437. The molecule has 25 heavy (non-hydrogen) atoms. The van der Waals surface area contributed by atoms with Gasteiger partial charge in [0.2, 0.25) is 0 Å². The molecule has 2 atom stereocenters. The van der Waals surface area contributed by atoms with Crippen LogP contribution in [0.3, 0.4) is 0 Å². The van der Waals surface area contributed by atoms with E-state index in [-0.39, 0.29) is 13.0 Å². The first-order valence-corrected chi connectivity index (χ1v) is 8.91. The third-order valence-electron chi connectivity index (χ3n) is 3.46. The van der Waals surface area contributed by atoms with Gasteiger partial charge in [0.25, 0.3) is 0 Å².